The lowest BCUT2D eigenvalue weighted by molar-refractivity contribution is -0.139. The summed E-state index contributed by atoms with van der Waals surface area (Å²) in [5.74, 6) is -1.90. The molecule has 5 aromatic rings. The van der Waals surface area contributed by atoms with Crippen molar-refractivity contribution in [2.75, 3.05) is 0 Å². The number of nitrogens with zero attached hydrogens (tertiary/aromatic N) is 2. The van der Waals surface area contributed by atoms with E-state index in [1.165, 1.54) is 53.2 Å². The molecule has 0 radical (unpaired) electrons. The Balaban J connectivity index is 1.80. The van der Waals surface area contributed by atoms with Crippen molar-refractivity contribution in [3.05, 3.63) is 114 Å². The number of rotatable bonds is 5. The largest absolute Gasteiger partial charge is 0.417 e. The van der Waals surface area contributed by atoms with E-state index in [0.717, 1.165) is 12.1 Å². The number of pyridine rings is 1. The van der Waals surface area contributed by atoms with Gasteiger partial charge in [0.25, 0.3) is 15.9 Å². The fraction of sp³-hybridized carbons (Fsp3) is 0.0370. The van der Waals surface area contributed by atoms with Gasteiger partial charge in [-0.15, -0.1) is 0 Å². The number of sulfonamides is 1. The van der Waals surface area contributed by atoms with Gasteiger partial charge in [0, 0.05) is 29.1 Å². The molecule has 1 amide bonds. The summed E-state index contributed by atoms with van der Waals surface area (Å²) in [6.45, 7) is 0. The van der Waals surface area contributed by atoms with Gasteiger partial charge >= 0.3 is 6.18 Å². The number of amides is 1. The second kappa shape index (κ2) is 9.42. The van der Waals surface area contributed by atoms with Crippen LogP contribution in [0.25, 0.3) is 27.8 Å². The molecule has 0 unspecified atom stereocenters. The molecule has 0 spiro atoms. The van der Waals surface area contributed by atoms with Gasteiger partial charge in [-0.1, -0.05) is 36.4 Å². The number of halogens is 4. The zero-order valence-corrected chi connectivity index (χ0v) is 20.1. The predicted molar refractivity (Wildman–Crippen MR) is 132 cm³/mol. The molecule has 0 aliphatic rings. The topological polar surface area (TPSA) is 80.5 Å². The van der Waals surface area contributed by atoms with Crippen molar-refractivity contribution in [1.82, 2.24) is 14.3 Å². The minimum absolute atomic E-state index is 0.0241. The van der Waals surface area contributed by atoms with Gasteiger partial charge < -0.3 is 0 Å². The molecule has 2 aromatic heterocycles. The van der Waals surface area contributed by atoms with Crippen LogP contribution in [0.3, 0.4) is 0 Å². The number of carbonyl (C=O) groups is 1. The van der Waals surface area contributed by atoms with Crippen molar-refractivity contribution >= 4 is 21.4 Å². The first kappa shape index (κ1) is 25.2. The smallest absolute Gasteiger partial charge is 0.268 e. The summed E-state index contributed by atoms with van der Waals surface area (Å²) >= 11 is 0. The molecule has 0 saturated heterocycles. The van der Waals surface area contributed by atoms with Crippen molar-refractivity contribution in [1.29, 1.82) is 0 Å². The van der Waals surface area contributed by atoms with Gasteiger partial charge in [0.2, 0.25) is 0 Å². The normalized spacial score (nSPS) is 12.0. The number of benzene rings is 3. The molecule has 0 aliphatic carbocycles. The quantitative estimate of drug-likeness (QED) is 0.280. The number of carbonyl (C=O) groups excluding carboxylic acids is 1. The number of hydrogen-bond acceptors (Lipinski definition) is 4. The summed E-state index contributed by atoms with van der Waals surface area (Å²) in [5.41, 5.74) is -1.29. The molecule has 11 heteroatoms. The molecule has 2 heterocycles. The molecule has 6 nitrogen and oxygen atoms in total. The highest BCUT2D eigenvalue weighted by atomic mass is 32.2. The molecule has 192 valence electrons. The Morgan fingerprint density at radius 1 is 0.842 bits per heavy atom. The second-order valence-corrected chi connectivity index (χ2v) is 9.91. The van der Waals surface area contributed by atoms with Gasteiger partial charge in [0.05, 0.1) is 11.1 Å². The van der Waals surface area contributed by atoms with E-state index in [4.69, 9.17) is 0 Å². The van der Waals surface area contributed by atoms with E-state index in [1.54, 1.807) is 35.2 Å². The molecule has 5 rings (SSSR count). The standard InChI is InChI=1S/C27H17F4N3O3S/c28-20-9-4-8-18(14-20)22-15-19(21-10-5-13-34-24(21)11-12-32-34)16-23(27(29,30)31)25(22)38(36,37)33-26(35)17-6-2-1-3-7-17/h1-16H,(H,33,35). The number of hydrogen-bond donors (Lipinski definition) is 1. The van der Waals surface area contributed by atoms with Crippen LogP contribution in [0.1, 0.15) is 15.9 Å². The highest BCUT2D eigenvalue weighted by molar-refractivity contribution is 7.90. The molecule has 0 atom stereocenters. The minimum atomic E-state index is -5.15. The molecular weight excluding hydrogens is 522 g/mol. The van der Waals surface area contributed by atoms with E-state index in [1.807, 2.05) is 0 Å². The lowest BCUT2D eigenvalue weighted by Gasteiger charge is -2.20. The Bertz CT molecular complexity index is 1780. The summed E-state index contributed by atoms with van der Waals surface area (Å²) in [5, 5.41) is 4.09. The van der Waals surface area contributed by atoms with Crippen LogP contribution in [-0.2, 0) is 16.2 Å². The Morgan fingerprint density at radius 3 is 2.32 bits per heavy atom. The first-order chi connectivity index (χ1) is 18.0. The van der Waals surface area contributed by atoms with Crippen LogP contribution in [0.15, 0.2) is 102 Å². The Kier molecular flexibility index (Phi) is 6.23. The minimum Gasteiger partial charge on any atom is -0.268 e. The Labute approximate surface area is 214 Å². The van der Waals surface area contributed by atoms with Gasteiger partial charge in [-0.05, 0) is 59.7 Å². The van der Waals surface area contributed by atoms with Crippen LogP contribution in [-0.4, -0.2) is 23.9 Å². The SMILES string of the molecule is O=C(NS(=O)(=O)c1c(-c2cccc(F)c2)cc(-c2cccn3nccc23)cc1C(F)(F)F)c1ccccc1. The molecule has 3 aromatic carbocycles. The van der Waals surface area contributed by atoms with Crippen molar-refractivity contribution in [2.45, 2.75) is 11.1 Å². The molecule has 0 bridgehead atoms. The molecule has 1 N–H and O–H groups in total. The van der Waals surface area contributed by atoms with Crippen LogP contribution in [0, 0.1) is 5.82 Å². The molecule has 0 saturated carbocycles. The molecule has 38 heavy (non-hydrogen) atoms. The third kappa shape index (κ3) is 4.75. The van der Waals surface area contributed by atoms with Gasteiger partial charge in [-0.2, -0.15) is 18.3 Å². The van der Waals surface area contributed by atoms with Crippen molar-refractivity contribution in [3.63, 3.8) is 0 Å². The van der Waals surface area contributed by atoms with Crippen LogP contribution in [0.2, 0.25) is 0 Å². The monoisotopic (exact) mass is 539 g/mol. The lowest BCUT2D eigenvalue weighted by Crippen LogP contribution is -2.32. The average Bonchev–Trinajstić information content (AvgIpc) is 3.37. The summed E-state index contributed by atoms with van der Waals surface area (Å²) in [4.78, 5) is 11.5. The van der Waals surface area contributed by atoms with Crippen LogP contribution in [0.5, 0.6) is 0 Å². The highest BCUT2D eigenvalue weighted by Crippen LogP contribution is 2.43. The van der Waals surface area contributed by atoms with E-state index in [0.29, 0.717) is 17.1 Å². The maximum Gasteiger partial charge on any atom is 0.417 e. The third-order valence-electron chi connectivity index (χ3n) is 5.81. The van der Waals surface area contributed by atoms with Gasteiger partial charge in [0.1, 0.15) is 10.7 Å². The van der Waals surface area contributed by atoms with Gasteiger partial charge in [-0.25, -0.2) is 22.0 Å². The first-order valence-corrected chi connectivity index (χ1v) is 12.6. The summed E-state index contributed by atoms with van der Waals surface area (Å²) < 4.78 is 87.7. The van der Waals surface area contributed by atoms with E-state index < -0.39 is 43.9 Å². The van der Waals surface area contributed by atoms with Gasteiger partial charge in [-0.3, -0.25) is 4.79 Å². The zero-order chi connectivity index (χ0) is 27.1. The molecular formula is C27H17F4N3O3S. The number of aromatic nitrogens is 2. The van der Waals surface area contributed by atoms with Crippen molar-refractivity contribution in [3.8, 4) is 22.3 Å². The van der Waals surface area contributed by atoms with Crippen molar-refractivity contribution in [2.24, 2.45) is 0 Å². The summed E-state index contributed by atoms with van der Waals surface area (Å²) in [6.07, 6.45) is -2.08. The number of fused-ring (bicyclic) bond motifs is 1. The molecule has 0 aliphatic heterocycles. The number of alkyl halides is 3. The Hall–Kier alpha value is -4.51. The first-order valence-electron chi connectivity index (χ1n) is 11.1. The maximum absolute atomic E-state index is 14.5. The lowest BCUT2D eigenvalue weighted by atomic mass is 9.95. The van der Waals surface area contributed by atoms with Crippen molar-refractivity contribution < 1.29 is 30.8 Å². The van der Waals surface area contributed by atoms with Crippen LogP contribution in [0.4, 0.5) is 17.6 Å². The van der Waals surface area contributed by atoms with Crippen LogP contribution < -0.4 is 4.72 Å². The second-order valence-electron chi connectivity index (χ2n) is 8.29. The number of nitrogens with one attached hydrogen (secondary N) is 1. The summed E-state index contributed by atoms with van der Waals surface area (Å²) in [7, 11) is -5.10. The average molecular weight is 540 g/mol. The zero-order valence-electron chi connectivity index (χ0n) is 19.3. The van der Waals surface area contributed by atoms with Gasteiger partial charge in [0.15, 0.2) is 0 Å². The van der Waals surface area contributed by atoms with E-state index >= 15 is 0 Å². The fourth-order valence-electron chi connectivity index (χ4n) is 4.17. The van der Waals surface area contributed by atoms with Crippen LogP contribution >= 0.6 is 0 Å². The maximum atomic E-state index is 14.5. The highest BCUT2D eigenvalue weighted by Gasteiger charge is 2.40. The third-order valence-corrected chi connectivity index (χ3v) is 7.24. The fourth-order valence-corrected chi connectivity index (χ4v) is 5.57. The Morgan fingerprint density at radius 2 is 1.61 bits per heavy atom. The van der Waals surface area contributed by atoms with E-state index in [-0.39, 0.29) is 16.7 Å². The predicted octanol–water partition coefficient (Wildman–Crippen LogP) is 5.94. The molecule has 0 fully saturated rings. The van der Waals surface area contributed by atoms with E-state index in [2.05, 4.69) is 5.10 Å². The summed E-state index contributed by atoms with van der Waals surface area (Å²) in [6, 6.07) is 18.4. The van der Waals surface area contributed by atoms with E-state index in [9.17, 15) is 30.8 Å².